The van der Waals surface area contributed by atoms with Crippen molar-refractivity contribution in [2.75, 3.05) is 0 Å². The van der Waals surface area contributed by atoms with Crippen molar-refractivity contribution in [2.24, 2.45) is 0 Å². The minimum Gasteiger partial charge on any atom is -0.372 e. The SMILES string of the molecule is OC1(C(F)(F)F)c2ccccc2-c2ccc(-c3ccccc3)cc21. The molecule has 24 heavy (non-hydrogen) atoms. The van der Waals surface area contributed by atoms with E-state index in [4.69, 9.17) is 0 Å². The van der Waals surface area contributed by atoms with Gasteiger partial charge < -0.3 is 5.11 Å². The molecule has 1 aliphatic carbocycles. The molecule has 0 heterocycles. The van der Waals surface area contributed by atoms with Crippen LogP contribution in [0.15, 0.2) is 72.8 Å². The number of aliphatic hydroxyl groups is 1. The normalized spacial score (nSPS) is 19.0. The molecule has 0 aliphatic heterocycles. The van der Waals surface area contributed by atoms with Gasteiger partial charge in [0.2, 0.25) is 5.60 Å². The zero-order valence-electron chi connectivity index (χ0n) is 12.5. The Bertz CT molecular complexity index is 916. The molecule has 0 aromatic heterocycles. The summed E-state index contributed by atoms with van der Waals surface area (Å²) in [4.78, 5) is 0. The van der Waals surface area contributed by atoms with Crippen molar-refractivity contribution in [1.29, 1.82) is 0 Å². The summed E-state index contributed by atoms with van der Waals surface area (Å²) in [5.41, 5.74) is -0.915. The molecule has 3 aromatic rings. The topological polar surface area (TPSA) is 20.2 Å². The van der Waals surface area contributed by atoms with Crippen molar-refractivity contribution in [3.63, 3.8) is 0 Å². The lowest BCUT2D eigenvalue weighted by Gasteiger charge is -2.28. The highest BCUT2D eigenvalue weighted by molar-refractivity contribution is 5.83. The second kappa shape index (κ2) is 4.95. The van der Waals surface area contributed by atoms with Crippen LogP contribution in [0.2, 0.25) is 0 Å². The third kappa shape index (κ3) is 1.93. The molecule has 0 saturated heterocycles. The van der Waals surface area contributed by atoms with Crippen LogP contribution >= 0.6 is 0 Å². The van der Waals surface area contributed by atoms with Crippen LogP contribution in [-0.2, 0) is 5.60 Å². The van der Waals surface area contributed by atoms with E-state index in [1.807, 2.05) is 30.3 Å². The van der Waals surface area contributed by atoms with Gasteiger partial charge in [0.1, 0.15) is 0 Å². The van der Waals surface area contributed by atoms with Crippen molar-refractivity contribution >= 4 is 0 Å². The molecule has 0 bridgehead atoms. The van der Waals surface area contributed by atoms with E-state index in [2.05, 4.69) is 0 Å². The third-order valence-electron chi connectivity index (χ3n) is 4.53. The first-order chi connectivity index (χ1) is 11.4. The van der Waals surface area contributed by atoms with Crippen molar-refractivity contribution in [3.8, 4) is 22.3 Å². The summed E-state index contributed by atoms with van der Waals surface area (Å²) in [7, 11) is 0. The molecule has 0 radical (unpaired) electrons. The number of hydrogen-bond donors (Lipinski definition) is 1. The molecular formula is C20H13F3O. The van der Waals surface area contributed by atoms with E-state index in [0.29, 0.717) is 16.7 Å². The van der Waals surface area contributed by atoms with Gasteiger partial charge in [-0.05, 0) is 28.3 Å². The number of halogens is 3. The average molecular weight is 326 g/mol. The first-order valence-corrected chi connectivity index (χ1v) is 7.52. The van der Waals surface area contributed by atoms with Crippen molar-refractivity contribution in [3.05, 3.63) is 83.9 Å². The zero-order valence-corrected chi connectivity index (χ0v) is 12.5. The van der Waals surface area contributed by atoms with Crippen LogP contribution in [0.3, 0.4) is 0 Å². The Morgan fingerprint density at radius 3 is 2.00 bits per heavy atom. The number of rotatable bonds is 1. The largest absolute Gasteiger partial charge is 0.425 e. The molecule has 1 aliphatic rings. The van der Waals surface area contributed by atoms with Crippen LogP contribution in [0.4, 0.5) is 13.2 Å². The van der Waals surface area contributed by atoms with Gasteiger partial charge in [-0.15, -0.1) is 0 Å². The Morgan fingerprint density at radius 1 is 0.667 bits per heavy atom. The first kappa shape index (κ1) is 15.0. The molecule has 4 rings (SSSR count). The predicted molar refractivity (Wildman–Crippen MR) is 86.4 cm³/mol. The highest BCUT2D eigenvalue weighted by Gasteiger charge is 2.60. The van der Waals surface area contributed by atoms with Gasteiger partial charge in [0.15, 0.2) is 0 Å². The molecule has 0 spiro atoms. The Morgan fingerprint density at radius 2 is 1.29 bits per heavy atom. The fourth-order valence-corrected chi connectivity index (χ4v) is 3.37. The van der Waals surface area contributed by atoms with E-state index in [9.17, 15) is 18.3 Å². The summed E-state index contributed by atoms with van der Waals surface area (Å²) in [5, 5.41) is 10.7. The van der Waals surface area contributed by atoms with Gasteiger partial charge in [-0.25, -0.2) is 0 Å². The second-order valence-electron chi connectivity index (χ2n) is 5.88. The fraction of sp³-hybridized carbons (Fsp3) is 0.100. The molecule has 0 fully saturated rings. The Hall–Kier alpha value is -2.59. The molecule has 1 nitrogen and oxygen atoms in total. The van der Waals surface area contributed by atoms with E-state index in [0.717, 1.165) is 5.56 Å². The van der Waals surface area contributed by atoms with E-state index >= 15 is 0 Å². The van der Waals surface area contributed by atoms with Gasteiger partial charge in [0, 0.05) is 11.1 Å². The van der Waals surface area contributed by atoms with Crippen LogP contribution in [0.5, 0.6) is 0 Å². The van der Waals surface area contributed by atoms with E-state index < -0.39 is 11.8 Å². The Balaban J connectivity index is 2.00. The highest BCUT2D eigenvalue weighted by atomic mass is 19.4. The summed E-state index contributed by atoms with van der Waals surface area (Å²) in [6.07, 6.45) is -4.80. The average Bonchev–Trinajstić information content (AvgIpc) is 2.86. The summed E-state index contributed by atoms with van der Waals surface area (Å²) in [6.45, 7) is 0. The minimum atomic E-state index is -4.80. The smallest absolute Gasteiger partial charge is 0.372 e. The quantitative estimate of drug-likeness (QED) is 0.657. The molecule has 3 aromatic carbocycles. The van der Waals surface area contributed by atoms with Crippen LogP contribution < -0.4 is 0 Å². The number of benzene rings is 3. The summed E-state index contributed by atoms with van der Waals surface area (Å²) >= 11 is 0. The number of alkyl halides is 3. The first-order valence-electron chi connectivity index (χ1n) is 7.52. The number of fused-ring (bicyclic) bond motifs is 3. The van der Waals surface area contributed by atoms with Crippen LogP contribution in [0.1, 0.15) is 11.1 Å². The minimum absolute atomic E-state index is 0.113. The van der Waals surface area contributed by atoms with Gasteiger partial charge >= 0.3 is 6.18 Å². The molecule has 0 saturated carbocycles. The highest BCUT2D eigenvalue weighted by Crippen LogP contribution is 2.55. The predicted octanol–water partition coefficient (Wildman–Crippen LogP) is 5.13. The van der Waals surface area contributed by atoms with E-state index in [1.165, 1.54) is 18.2 Å². The zero-order chi connectivity index (χ0) is 16.9. The van der Waals surface area contributed by atoms with Crippen LogP contribution in [0.25, 0.3) is 22.3 Å². The Kier molecular flexibility index (Phi) is 3.09. The van der Waals surface area contributed by atoms with Gasteiger partial charge in [-0.3, -0.25) is 0 Å². The summed E-state index contributed by atoms with van der Waals surface area (Å²) < 4.78 is 41.4. The fourth-order valence-electron chi connectivity index (χ4n) is 3.37. The molecule has 120 valence electrons. The summed E-state index contributed by atoms with van der Waals surface area (Å²) in [5.74, 6) is 0. The van der Waals surface area contributed by atoms with Crippen molar-refractivity contribution in [1.82, 2.24) is 0 Å². The van der Waals surface area contributed by atoms with Crippen LogP contribution in [0, 0.1) is 0 Å². The second-order valence-corrected chi connectivity index (χ2v) is 5.88. The molecular weight excluding hydrogens is 313 g/mol. The van der Waals surface area contributed by atoms with E-state index in [1.54, 1.807) is 24.3 Å². The molecule has 0 amide bonds. The third-order valence-corrected chi connectivity index (χ3v) is 4.53. The van der Waals surface area contributed by atoms with Crippen molar-refractivity contribution < 1.29 is 18.3 Å². The van der Waals surface area contributed by atoms with Crippen molar-refractivity contribution in [2.45, 2.75) is 11.8 Å². The molecule has 4 heteroatoms. The van der Waals surface area contributed by atoms with Crippen LogP contribution in [-0.4, -0.2) is 11.3 Å². The van der Waals surface area contributed by atoms with E-state index in [-0.39, 0.29) is 11.1 Å². The maximum atomic E-state index is 13.8. The number of hydrogen-bond acceptors (Lipinski definition) is 1. The molecule has 1 N–H and O–H groups in total. The van der Waals surface area contributed by atoms with Gasteiger partial charge in [-0.2, -0.15) is 13.2 Å². The van der Waals surface area contributed by atoms with Gasteiger partial charge in [0.25, 0.3) is 0 Å². The molecule has 1 unspecified atom stereocenters. The van der Waals surface area contributed by atoms with Gasteiger partial charge in [0.05, 0.1) is 0 Å². The lowest BCUT2D eigenvalue weighted by Crippen LogP contribution is -2.41. The summed E-state index contributed by atoms with van der Waals surface area (Å²) in [6, 6.07) is 20.2. The molecule has 1 atom stereocenters. The lowest BCUT2D eigenvalue weighted by atomic mass is 9.89. The lowest BCUT2D eigenvalue weighted by molar-refractivity contribution is -0.246. The standard InChI is InChI=1S/C20H13F3O/c21-20(22,23)19(24)17-9-5-4-8-15(17)16-11-10-14(12-18(16)19)13-6-2-1-3-7-13/h1-12,24H. The Labute approximate surface area is 137 Å². The maximum absolute atomic E-state index is 13.8. The maximum Gasteiger partial charge on any atom is 0.425 e. The van der Waals surface area contributed by atoms with Gasteiger partial charge in [-0.1, -0.05) is 66.7 Å². The monoisotopic (exact) mass is 326 g/mol.